The lowest BCUT2D eigenvalue weighted by Crippen LogP contribution is -2.20. The molecule has 0 amide bonds. The van der Waals surface area contributed by atoms with E-state index in [4.69, 9.17) is 0 Å². The minimum Gasteiger partial charge on any atom is -0.311 e. The van der Waals surface area contributed by atoms with Crippen molar-refractivity contribution in [2.45, 2.75) is 40.7 Å². The number of rotatable bonds is 5. The zero-order chi connectivity index (χ0) is 14.2. The summed E-state index contributed by atoms with van der Waals surface area (Å²) in [6.45, 7) is 9.58. The van der Waals surface area contributed by atoms with Gasteiger partial charge in [-0.05, 0) is 38.1 Å². The average molecular weight is 263 g/mol. The number of aryl methyl sites for hydroxylation is 1. The molecule has 1 heterocycles. The van der Waals surface area contributed by atoms with E-state index in [2.05, 4.69) is 24.1 Å². The fourth-order valence-corrected chi connectivity index (χ4v) is 2.51. The summed E-state index contributed by atoms with van der Waals surface area (Å²) >= 11 is 0. The molecule has 0 saturated heterocycles. The van der Waals surface area contributed by atoms with Gasteiger partial charge in [-0.15, -0.1) is 0 Å². The van der Waals surface area contributed by atoms with Crippen molar-refractivity contribution in [1.29, 1.82) is 0 Å². The minimum atomic E-state index is -0.320. The minimum absolute atomic E-state index is 0.193. The molecule has 5 nitrogen and oxygen atoms in total. The predicted molar refractivity (Wildman–Crippen MR) is 74.0 cm³/mol. The van der Waals surface area contributed by atoms with E-state index in [9.17, 15) is 10.1 Å². The molecule has 2 rings (SSSR count). The Bertz CT molecular complexity index is 512. The van der Waals surface area contributed by atoms with E-state index >= 15 is 0 Å². The molecule has 1 unspecified atom stereocenters. The molecule has 1 saturated carbocycles. The summed E-state index contributed by atoms with van der Waals surface area (Å²) < 4.78 is 0. The van der Waals surface area contributed by atoms with Gasteiger partial charge in [-0.25, -0.2) is 0 Å². The maximum absolute atomic E-state index is 11.0. The van der Waals surface area contributed by atoms with Crippen LogP contribution < -0.4 is 5.32 Å². The van der Waals surface area contributed by atoms with Crippen LogP contribution in [0.1, 0.15) is 37.1 Å². The van der Waals surface area contributed by atoms with Crippen molar-refractivity contribution < 1.29 is 4.92 Å². The number of nitrogens with one attached hydrogen (secondary N) is 1. The normalized spacial score (nSPS) is 20.3. The molecule has 19 heavy (non-hydrogen) atoms. The fraction of sp³-hybridized carbons (Fsp3) is 0.643. The molecule has 5 heteroatoms. The van der Waals surface area contributed by atoms with Gasteiger partial charge < -0.3 is 5.32 Å². The van der Waals surface area contributed by atoms with Crippen LogP contribution in [0.25, 0.3) is 0 Å². The van der Waals surface area contributed by atoms with Crippen molar-refractivity contribution in [1.82, 2.24) is 10.3 Å². The van der Waals surface area contributed by atoms with E-state index in [0.29, 0.717) is 29.0 Å². The Morgan fingerprint density at radius 3 is 2.68 bits per heavy atom. The van der Waals surface area contributed by atoms with Gasteiger partial charge in [0.05, 0.1) is 10.6 Å². The second kappa shape index (κ2) is 4.89. The molecule has 1 aliphatic carbocycles. The first-order valence-corrected chi connectivity index (χ1v) is 6.63. The first-order chi connectivity index (χ1) is 8.83. The SMILES string of the molecule is Cc1cnc(CNCC2CC2(C)C)c(C)c1[N+](=O)[O-]. The number of pyridine rings is 1. The first-order valence-electron chi connectivity index (χ1n) is 6.63. The highest BCUT2D eigenvalue weighted by atomic mass is 16.6. The van der Waals surface area contributed by atoms with Crippen LogP contribution in [0, 0.1) is 35.3 Å². The van der Waals surface area contributed by atoms with Crippen molar-refractivity contribution in [2.75, 3.05) is 6.54 Å². The molecule has 0 spiro atoms. The summed E-state index contributed by atoms with van der Waals surface area (Å²) in [5.41, 5.74) is 2.71. The van der Waals surface area contributed by atoms with Crippen LogP contribution in [0.5, 0.6) is 0 Å². The second-order valence-corrected chi connectivity index (χ2v) is 6.14. The number of nitrogens with zero attached hydrogens (tertiary/aromatic N) is 2. The van der Waals surface area contributed by atoms with Gasteiger partial charge in [0.2, 0.25) is 0 Å². The lowest BCUT2D eigenvalue weighted by atomic mass is 10.1. The Kier molecular flexibility index (Phi) is 3.58. The Morgan fingerprint density at radius 1 is 1.53 bits per heavy atom. The zero-order valence-corrected chi connectivity index (χ0v) is 12.0. The van der Waals surface area contributed by atoms with Gasteiger partial charge in [-0.1, -0.05) is 13.8 Å². The van der Waals surface area contributed by atoms with Gasteiger partial charge >= 0.3 is 0 Å². The lowest BCUT2D eigenvalue weighted by molar-refractivity contribution is -0.386. The highest BCUT2D eigenvalue weighted by molar-refractivity contribution is 5.47. The molecule has 0 aromatic carbocycles. The van der Waals surface area contributed by atoms with Crippen LogP contribution in [0.15, 0.2) is 6.20 Å². The van der Waals surface area contributed by atoms with Crippen molar-refractivity contribution >= 4 is 5.69 Å². The fourth-order valence-electron chi connectivity index (χ4n) is 2.51. The van der Waals surface area contributed by atoms with Gasteiger partial charge in [0.25, 0.3) is 5.69 Å². The van der Waals surface area contributed by atoms with E-state index in [0.717, 1.165) is 12.2 Å². The standard InChI is InChI=1S/C14H21N3O2/c1-9-6-16-12(10(2)13(9)17(18)19)8-15-7-11-5-14(11,3)4/h6,11,15H,5,7-8H2,1-4H3. The van der Waals surface area contributed by atoms with Crippen LogP contribution in [0.4, 0.5) is 5.69 Å². The highest BCUT2D eigenvalue weighted by Gasteiger charge is 2.44. The molecule has 0 radical (unpaired) electrons. The third-order valence-electron chi connectivity index (χ3n) is 4.16. The van der Waals surface area contributed by atoms with E-state index in [1.54, 1.807) is 20.0 Å². The number of hydrogen-bond donors (Lipinski definition) is 1. The summed E-state index contributed by atoms with van der Waals surface area (Å²) in [5, 5.41) is 14.4. The maximum atomic E-state index is 11.0. The molecule has 1 aromatic rings. The number of hydrogen-bond acceptors (Lipinski definition) is 4. The predicted octanol–water partition coefficient (Wildman–Crippen LogP) is 2.74. The Balaban J connectivity index is 2.01. The van der Waals surface area contributed by atoms with Gasteiger partial charge in [0, 0.05) is 23.9 Å². The highest BCUT2D eigenvalue weighted by Crippen LogP contribution is 2.50. The monoisotopic (exact) mass is 263 g/mol. The Morgan fingerprint density at radius 2 is 2.16 bits per heavy atom. The Hall–Kier alpha value is -1.49. The van der Waals surface area contributed by atoms with E-state index in [-0.39, 0.29) is 10.6 Å². The van der Waals surface area contributed by atoms with Gasteiger partial charge in [-0.2, -0.15) is 0 Å². The van der Waals surface area contributed by atoms with Crippen LogP contribution in [0.2, 0.25) is 0 Å². The number of aromatic nitrogens is 1. The molecule has 0 bridgehead atoms. The molecule has 1 fully saturated rings. The third-order valence-corrected chi connectivity index (χ3v) is 4.16. The van der Waals surface area contributed by atoms with Crippen LogP contribution in [0.3, 0.4) is 0 Å². The zero-order valence-electron chi connectivity index (χ0n) is 12.0. The first kappa shape index (κ1) is 13.9. The maximum Gasteiger partial charge on any atom is 0.278 e. The Labute approximate surface area is 113 Å². The van der Waals surface area contributed by atoms with Gasteiger partial charge in [0.1, 0.15) is 0 Å². The smallest absolute Gasteiger partial charge is 0.278 e. The molecule has 1 atom stereocenters. The summed E-state index contributed by atoms with van der Waals surface area (Å²) in [4.78, 5) is 15.0. The third kappa shape index (κ3) is 2.92. The van der Waals surface area contributed by atoms with E-state index < -0.39 is 0 Å². The van der Waals surface area contributed by atoms with Crippen molar-refractivity contribution in [3.05, 3.63) is 33.1 Å². The molecule has 1 aliphatic rings. The largest absolute Gasteiger partial charge is 0.311 e. The van der Waals surface area contributed by atoms with Crippen LogP contribution in [-0.2, 0) is 6.54 Å². The summed E-state index contributed by atoms with van der Waals surface area (Å²) in [5.74, 6) is 0.716. The molecular formula is C14H21N3O2. The van der Waals surface area contributed by atoms with Crippen molar-refractivity contribution in [3.8, 4) is 0 Å². The van der Waals surface area contributed by atoms with Gasteiger partial charge in [0.15, 0.2) is 0 Å². The molecular weight excluding hydrogens is 242 g/mol. The quantitative estimate of drug-likeness (QED) is 0.655. The summed E-state index contributed by atoms with van der Waals surface area (Å²) in [6, 6.07) is 0. The molecule has 104 valence electrons. The van der Waals surface area contributed by atoms with Crippen LogP contribution in [-0.4, -0.2) is 16.5 Å². The molecule has 0 aliphatic heterocycles. The average Bonchev–Trinajstić information content (AvgIpc) is 2.89. The second-order valence-electron chi connectivity index (χ2n) is 6.14. The molecule has 1 aromatic heterocycles. The summed E-state index contributed by atoms with van der Waals surface area (Å²) in [6.07, 6.45) is 2.84. The molecule has 1 N–H and O–H groups in total. The van der Waals surface area contributed by atoms with Gasteiger partial charge in [-0.3, -0.25) is 15.1 Å². The lowest BCUT2D eigenvalue weighted by Gasteiger charge is -2.09. The van der Waals surface area contributed by atoms with E-state index in [1.165, 1.54) is 6.42 Å². The van der Waals surface area contributed by atoms with E-state index in [1.807, 2.05) is 0 Å². The number of nitro groups is 1. The van der Waals surface area contributed by atoms with Crippen molar-refractivity contribution in [2.24, 2.45) is 11.3 Å². The summed E-state index contributed by atoms with van der Waals surface area (Å²) in [7, 11) is 0. The topological polar surface area (TPSA) is 68.1 Å². The van der Waals surface area contributed by atoms with Crippen LogP contribution >= 0.6 is 0 Å². The van der Waals surface area contributed by atoms with Crippen molar-refractivity contribution in [3.63, 3.8) is 0 Å².